The first kappa shape index (κ1) is 14.2. The van der Waals surface area contributed by atoms with Gasteiger partial charge < -0.3 is 10.4 Å². The Labute approximate surface area is 104 Å². The molecule has 4 nitrogen and oxygen atoms in total. The Kier molecular flexibility index (Phi) is 4.71. The highest BCUT2D eigenvalue weighted by atomic mass is 16.3. The van der Waals surface area contributed by atoms with Gasteiger partial charge in [-0.2, -0.15) is 5.10 Å². The first-order valence-corrected chi connectivity index (χ1v) is 6.29. The highest BCUT2D eigenvalue weighted by Gasteiger charge is 2.18. The predicted octanol–water partition coefficient (Wildman–Crippen LogP) is 1.68. The molecule has 0 spiro atoms. The minimum atomic E-state index is -0.612. The van der Waals surface area contributed by atoms with E-state index >= 15 is 0 Å². The van der Waals surface area contributed by atoms with Crippen LogP contribution in [0.3, 0.4) is 0 Å². The Bertz CT molecular complexity index is 369. The molecule has 0 aromatic carbocycles. The number of rotatable bonds is 6. The summed E-state index contributed by atoms with van der Waals surface area (Å²) in [6.07, 6.45) is 1.82. The fraction of sp³-hybridized carbons (Fsp3) is 0.769. The molecule has 17 heavy (non-hydrogen) atoms. The third kappa shape index (κ3) is 3.82. The number of aromatic nitrogens is 2. The molecule has 1 atom stereocenters. The van der Waals surface area contributed by atoms with Gasteiger partial charge in [0.1, 0.15) is 0 Å². The molecule has 0 fully saturated rings. The second-order valence-electron chi connectivity index (χ2n) is 5.12. The van der Waals surface area contributed by atoms with Crippen molar-refractivity contribution in [3.63, 3.8) is 0 Å². The van der Waals surface area contributed by atoms with E-state index in [4.69, 9.17) is 0 Å². The van der Waals surface area contributed by atoms with Crippen LogP contribution in [-0.4, -0.2) is 27.0 Å². The van der Waals surface area contributed by atoms with Crippen molar-refractivity contribution >= 4 is 0 Å². The van der Waals surface area contributed by atoms with Gasteiger partial charge in [-0.05, 0) is 27.2 Å². The van der Waals surface area contributed by atoms with Crippen LogP contribution < -0.4 is 5.32 Å². The number of hydrogen-bond donors (Lipinski definition) is 2. The zero-order valence-electron chi connectivity index (χ0n) is 11.7. The van der Waals surface area contributed by atoms with Crippen LogP contribution in [0.25, 0.3) is 0 Å². The molecule has 0 amide bonds. The van der Waals surface area contributed by atoms with E-state index in [1.165, 1.54) is 11.3 Å². The zero-order chi connectivity index (χ0) is 13.1. The van der Waals surface area contributed by atoms with Gasteiger partial charge in [-0.3, -0.25) is 4.68 Å². The van der Waals surface area contributed by atoms with Crippen molar-refractivity contribution in [3.05, 3.63) is 17.0 Å². The van der Waals surface area contributed by atoms with E-state index in [1.54, 1.807) is 0 Å². The lowest BCUT2D eigenvalue weighted by molar-refractivity contribution is 0.0498. The Morgan fingerprint density at radius 1 is 1.41 bits per heavy atom. The van der Waals surface area contributed by atoms with Gasteiger partial charge in [0, 0.05) is 31.4 Å². The van der Waals surface area contributed by atoms with Gasteiger partial charge in [-0.25, -0.2) is 0 Å². The van der Waals surface area contributed by atoms with Crippen molar-refractivity contribution < 1.29 is 5.11 Å². The average molecular weight is 239 g/mol. The molecule has 1 unspecified atom stereocenters. The fourth-order valence-electron chi connectivity index (χ4n) is 2.16. The summed E-state index contributed by atoms with van der Waals surface area (Å²) in [5.74, 6) is 0. The third-order valence-electron chi connectivity index (χ3n) is 3.26. The zero-order valence-corrected chi connectivity index (χ0v) is 11.7. The van der Waals surface area contributed by atoms with Crippen LogP contribution in [0, 0.1) is 13.8 Å². The maximum atomic E-state index is 10.1. The van der Waals surface area contributed by atoms with Crippen LogP contribution in [-0.2, 0) is 13.6 Å². The van der Waals surface area contributed by atoms with E-state index < -0.39 is 5.60 Å². The molecule has 2 N–H and O–H groups in total. The molecule has 1 rings (SSSR count). The van der Waals surface area contributed by atoms with Gasteiger partial charge in [0.2, 0.25) is 0 Å². The Morgan fingerprint density at radius 2 is 2.06 bits per heavy atom. The summed E-state index contributed by atoms with van der Waals surface area (Å²) < 4.78 is 1.90. The number of aryl methyl sites for hydroxylation is 2. The SMILES string of the molecule is CCCC(C)(O)CNCc1c(C)nn(C)c1C. The summed E-state index contributed by atoms with van der Waals surface area (Å²) in [4.78, 5) is 0. The summed E-state index contributed by atoms with van der Waals surface area (Å²) in [5, 5.41) is 17.7. The van der Waals surface area contributed by atoms with Crippen LogP contribution >= 0.6 is 0 Å². The normalized spacial score (nSPS) is 14.9. The van der Waals surface area contributed by atoms with E-state index in [-0.39, 0.29) is 0 Å². The number of aliphatic hydroxyl groups is 1. The summed E-state index contributed by atoms with van der Waals surface area (Å²) >= 11 is 0. The van der Waals surface area contributed by atoms with Crippen LogP contribution in [0.5, 0.6) is 0 Å². The highest BCUT2D eigenvalue weighted by Crippen LogP contribution is 2.13. The quantitative estimate of drug-likeness (QED) is 0.794. The molecule has 0 aliphatic carbocycles. The number of nitrogens with one attached hydrogen (secondary N) is 1. The molecule has 0 saturated carbocycles. The number of hydrogen-bond acceptors (Lipinski definition) is 3. The van der Waals surface area contributed by atoms with Crippen LogP contribution in [0.15, 0.2) is 0 Å². The maximum Gasteiger partial charge on any atom is 0.0743 e. The second-order valence-corrected chi connectivity index (χ2v) is 5.12. The Hall–Kier alpha value is -0.870. The Balaban J connectivity index is 2.51. The largest absolute Gasteiger partial charge is 0.389 e. The first-order valence-electron chi connectivity index (χ1n) is 6.29. The molecule has 4 heteroatoms. The standard InChI is InChI=1S/C13H25N3O/c1-6-7-13(4,17)9-14-8-12-10(2)15-16(5)11(12)3/h14,17H,6-9H2,1-5H3. The van der Waals surface area contributed by atoms with Crippen LogP contribution in [0.2, 0.25) is 0 Å². The smallest absolute Gasteiger partial charge is 0.0743 e. The molecule has 0 aliphatic heterocycles. The monoisotopic (exact) mass is 239 g/mol. The molecular formula is C13H25N3O. The van der Waals surface area contributed by atoms with E-state index in [2.05, 4.69) is 24.3 Å². The van der Waals surface area contributed by atoms with Gasteiger partial charge in [-0.15, -0.1) is 0 Å². The fourth-order valence-corrected chi connectivity index (χ4v) is 2.16. The van der Waals surface area contributed by atoms with Crippen LogP contribution in [0.1, 0.15) is 43.6 Å². The van der Waals surface area contributed by atoms with Gasteiger partial charge in [0.25, 0.3) is 0 Å². The van der Waals surface area contributed by atoms with Gasteiger partial charge >= 0.3 is 0 Å². The van der Waals surface area contributed by atoms with E-state index in [0.29, 0.717) is 6.54 Å². The first-order chi connectivity index (χ1) is 7.87. The lowest BCUT2D eigenvalue weighted by Gasteiger charge is -2.23. The molecule has 0 saturated heterocycles. The lowest BCUT2D eigenvalue weighted by Crippen LogP contribution is -2.37. The topological polar surface area (TPSA) is 50.1 Å². The molecule has 0 aliphatic rings. The highest BCUT2D eigenvalue weighted by molar-refractivity contribution is 5.23. The maximum absolute atomic E-state index is 10.1. The molecule has 1 heterocycles. The third-order valence-corrected chi connectivity index (χ3v) is 3.26. The van der Waals surface area contributed by atoms with Gasteiger partial charge in [-0.1, -0.05) is 13.3 Å². The predicted molar refractivity (Wildman–Crippen MR) is 69.9 cm³/mol. The molecule has 1 aromatic heterocycles. The van der Waals surface area contributed by atoms with Crippen molar-refractivity contribution in [2.24, 2.45) is 7.05 Å². The van der Waals surface area contributed by atoms with Crippen molar-refractivity contribution in [2.75, 3.05) is 6.54 Å². The minimum Gasteiger partial charge on any atom is -0.389 e. The van der Waals surface area contributed by atoms with E-state index in [1.807, 2.05) is 25.6 Å². The second kappa shape index (κ2) is 5.65. The molecule has 98 valence electrons. The summed E-state index contributed by atoms with van der Waals surface area (Å²) in [6, 6.07) is 0. The van der Waals surface area contributed by atoms with E-state index in [0.717, 1.165) is 25.1 Å². The Morgan fingerprint density at radius 3 is 2.53 bits per heavy atom. The average Bonchev–Trinajstić information content (AvgIpc) is 2.44. The van der Waals surface area contributed by atoms with Gasteiger partial charge in [0.15, 0.2) is 0 Å². The van der Waals surface area contributed by atoms with Crippen molar-refractivity contribution in [1.82, 2.24) is 15.1 Å². The lowest BCUT2D eigenvalue weighted by atomic mass is 10.0. The summed E-state index contributed by atoms with van der Waals surface area (Å²) in [7, 11) is 1.96. The van der Waals surface area contributed by atoms with Crippen LogP contribution in [0.4, 0.5) is 0 Å². The summed E-state index contributed by atoms with van der Waals surface area (Å²) in [6.45, 7) is 9.45. The minimum absolute atomic E-state index is 0.612. The van der Waals surface area contributed by atoms with Crippen molar-refractivity contribution in [1.29, 1.82) is 0 Å². The number of nitrogens with zero attached hydrogens (tertiary/aromatic N) is 2. The van der Waals surface area contributed by atoms with Crippen molar-refractivity contribution in [3.8, 4) is 0 Å². The van der Waals surface area contributed by atoms with Gasteiger partial charge in [0.05, 0.1) is 11.3 Å². The molecule has 0 radical (unpaired) electrons. The van der Waals surface area contributed by atoms with Crippen molar-refractivity contribution in [2.45, 2.75) is 52.7 Å². The summed E-state index contributed by atoms with van der Waals surface area (Å²) in [5.41, 5.74) is 2.87. The molecule has 0 bridgehead atoms. The molecule has 1 aromatic rings. The molecular weight excluding hydrogens is 214 g/mol. The van der Waals surface area contributed by atoms with E-state index in [9.17, 15) is 5.11 Å².